The van der Waals surface area contributed by atoms with E-state index >= 15 is 0 Å². The highest BCUT2D eigenvalue weighted by Crippen LogP contribution is 2.28. The number of nitrogens with two attached hydrogens (primary N) is 1. The quantitative estimate of drug-likeness (QED) is 0.802. The van der Waals surface area contributed by atoms with Gasteiger partial charge in [0.05, 0.1) is 16.9 Å². The Morgan fingerprint density at radius 1 is 1.71 bits per heavy atom. The second-order valence-electron chi connectivity index (χ2n) is 3.86. The molecule has 1 aromatic rings. The average molecular weight is 218 g/mol. The van der Waals surface area contributed by atoms with E-state index in [1.807, 2.05) is 13.8 Å². The number of rotatable bonds is 3. The maximum absolute atomic E-state index is 10.0. The van der Waals surface area contributed by atoms with Crippen molar-refractivity contribution >= 4 is 11.6 Å². The lowest BCUT2D eigenvalue weighted by molar-refractivity contribution is 0.0557. The Morgan fingerprint density at radius 2 is 2.29 bits per heavy atom. The Kier molecular flexibility index (Phi) is 3.19. The molecular weight excluding hydrogens is 202 g/mol. The van der Waals surface area contributed by atoms with Crippen LogP contribution in [0.25, 0.3) is 0 Å². The summed E-state index contributed by atoms with van der Waals surface area (Å²) in [6.45, 7) is 5.69. The van der Waals surface area contributed by atoms with Crippen molar-refractivity contribution in [2.75, 3.05) is 6.54 Å². The Bertz CT molecular complexity index is 320. The minimum Gasteiger partial charge on any atom is -0.382 e. The number of hydrogen-bond donors (Lipinski definition) is 2. The van der Waals surface area contributed by atoms with Crippen molar-refractivity contribution in [2.45, 2.75) is 32.4 Å². The number of nitrogens with zero attached hydrogens (tertiary/aromatic N) is 2. The number of aliphatic hydroxyl groups is 1. The Morgan fingerprint density at radius 3 is 2.71 bits per heavy atom. The molecule has 3 N–H and O–H groups in total. The molecule has 1 heterocycles. The Balaban J connectivity index is 3.24. The number of halogens is 1. The molecule has 0 amide bonds. The smallest absolute Gasteiger partial charge is 0.117 e. The maximum Gasteiger partial charge on any atom is 0.117 e. The molecule has 0 aromatic carbocycles. The van der Waals surface area contributed by atoms with Crippen molar-refractivity contribution in [3.05, 3.63) is 16.9 Å². The summed E-state index contributed by atoms with van der Waals surface area (Å²) >= 11 is 5.95. The molecular formula is C9H16ClN3O. The van der Waals surface area contributed by atoms with Gasteiger partial charge in [-0.05, 0) is 20.8 Å². The van der Waals surface area contributed by atoms with Crippen LogP contribution in [0.1, 0.15) is 32.5 Å². The van der Waals surface area contributed by atoms with E-state index in [0.717, 1.165) is 0 Å². The Labute approximate surface area is 88.7 Å². The third-order valence-electron chi connectivity index (χ3n) is 2.15. The fourth-order valence-electron chi connectivity index (χ4n) is 1.33. The SMILES string of the molecule is CC(C)n1ncc(Cl)c1C(C)(O)CN. The molecule has 1 unspecified atom stereocenters. The van der Waals surface area contributed by atoms with E-state index in [0.29, 0.717) is 10.7 Å². The maximum atomic E-state index is 10.0. The van der Waals surface area contributed by atoms with E-state index in [9.17, 15) is 5.11 Å². The van der Waals surface area contributed by atoms with E-state index in [1.54, 1.807) is 11.6 Å². The zero-order valence-corrected chi connectivity index (χ0v) is 9.41. The molecule has 0 aliphatic rings. The van der Waals surface area contributed by atoms with Crippen LogP contribution in [0.3, 0.4) is 0 Å². The predicted molar refractivity (Wildman–Crippen MR) is 56.2 cm³/mol. The number of aromatic nitrogens is 2. The first-order chi connectivity index (χ1) is 6.40. The zero-order chi connectivity index (χ0) is 10.9. The molecule has 0 aliphatic carbocycles. The molecule has 0 aliphatic heterocycles. The van der Waals surface area contributed by atoms with Crippen molar-refractivity contribution in [3.63, 3.8) is 0 Å². The van der Waals surface area contributed by atoms with Gasteiger partial charge in [0.25, 0.3) is 0 Å². The minimum atomic E-state index is -1.13. The molecule has 0 fully saturated rings. The molecule has 14 heavy (non-hydrogen) atoms. The average Bonchev–Trinajstić information content (AvgIpc) is 2.47. The van der Waals surface area contributed by atoms with Crippen LogP contribution in [0, 0.1) is 0 Å². The fourth-order valence-corrected chi connectivity index (χ4v) is 1.67. The van der Waals surface area contributed by atoms with Crippen molar-refractivity contribution < 1.29 is 5.11 Å². The van der Waals surface area contributed by atoms with E-state index in [4.69, 9.17) is 17.3 Å². The van der Waals surface area contributed by atoms with Crippen LogP contribution >= 0.6 is 11.6 Å². The van der Waals surface area contributed by atoms with Crippen molar-refractivity contribution in [1.29, 1.82) is 0 Å². The van der Waals surface area contributed by atoms with Crippen molar-refractivity contribution in [1.82, 2.24) is 9.78 Å². The monoisotopic (exact) mass is 217 g/mol. The summed E-state index contributed by atoms with van der Waals surface area (Å²) in [5.74, 6) is 0. The third kappa shape index (κ3) is 1.92. The summed E-state index contributed by atoms with van der Waals surface area (Å²) in [4.78, 5) is 0. The van der Waals surface area contributed by atoms with Crippen LogP contribution in [0.4, 0.5) is 0 Å². The van der Waals surface area contributed by atoms with Crippen LogP contribution in [-0.4, -0.2) is 21.4 Å². The van der Waals surface area contributed by atoms with Gasteiger partial charge in [-0.15, -0.1) is 0 Å². The first-order valence-electron chi connectivity index (χ1n) is 4.56. The summed E-state index contributed by atoms with van der Waals surface area (Å²) in [6.07, 6.45) is 1.53. The summed E-state index contributed by atoms with van der Waals surface area (Å²) in [6, 6.07) is 0.149. The lowest BCUT2D eigenvalue weighted by atomic mass is 10.0. The second-order valence-corrected chi connectivity index (χ2v) is 4.26. The molecule has 4 nitrogen and oxygen atoms in total. The van der Waals surface area contributed by atoms with Crippen LogP contribution < -0.4 is 5.73 Å². The summed E-state index contributed by atoms with van der Waals surface area (Å²) in [5.41, 5.74) is 4.94. The van der Waals surface area contributed by atoms with Crippen LogP contribution in [0.2, 0.25) is 5.02 Å². The highest BCUT2D eigenvalue weighted by Gasteiger charge is 2.29. The highest BCUT2D eigenvalue weighted by atomic mass is 35.5. The van der Waals surface area contributed by atoms with E-state index in [2.05, 4.69) is 5.10 Å². The lowest BCUT2D eigenvalue weighted by Gasteiger charge is -2.24. The second kappa shape index (κ2) is 3.88. The van der Waals surface area contributed by atoms with Crippen molar-refractivity contribution in [3.8, 4) is 0 Å². The van der Waals surface area contributed by atoms with Gasteiger partial charge in [0.1, 0.15) is 5.60 Å². The van der Waals surface area contributed by atoms with Gasteiger partial charge in [-0.25, -0.2) is 0 Å². The molecule has 80 valence electrons. The highest BCUT2D eigenvalue weighted by molar-refractivity contribution is 6.31. The number of hydrogen-bond acceptors (Lipinski definition) is 3. The van der Waals surface area contributed by atoms with Gasteiger partial charge in [-0.2, -0.15) is 5.10 Å². The summed E-state index contributed by atoms with van der Waals surface area (Å²) in [5, 5.41) is 14.6. The van der Waals surface area contributed by atoms with Gasteiger partial charge in [-0.1, -0.05) is 11.6 Å². The Hall–Kier alpha value is -0.580. The van der Waals surface area contributed by atoms with Gasteiger partial charge in [-0.3, -0.25) is 4.68 Å². The minimum absolute atomic E-state index is 0.116. The molecule has 0 saturated carbocycles. The molecule has 0 saturated heterocycles. The standard InChI is InChI=1S/C9H16ClN3O/c1-6(2)13-8(7(10)4-12-13)9(3,14)5-11/h4,6,14H,5,11H2,1-3H3. The van der Waals surface area contributed by atoms with E-state index in [1.165, 1.54) is 6.20 Å². The summed E-state index contributed by atoms with van der Waals surface area (Å²) in [7, 11) is 0. The molecule has 1 rings (SSSR count). The molecule has 5 heteroatoms. The zero-order valence-electron chi connectivity index (χ0n) is 8.66. The lowest BCUT2D eigenvalue weighted by Crippen LogP contribution is -2.34. The van der Waals surface area contributed by atoms with E-state index < -0.39 is 5.60 Å². The molecule has 0 radical (unpaired) electrons. The van der Waals surface area contributed by atoms with Gasteiger partial charge >= 0.3 is 0 Å². The summed E-state index contributed by atoms with van der Waals surface area (Å²) < 4.78 is 1.69. The third-order valence-corrected chi connectivity index (χ3v) is 2.42. The topological polar surface area (TPSA) is 64.1 Å². The molecule has 1 aromatic heterocycles. The van der Waals surface area contributed by atoms with E-state index in [-0.39, 0.29) is 12.6 Å². The largest absolute Gasteiger partial charge is 0.382 e. The van der Waals surface area contributed by atoms with Gasteiger partial charge in [0.2, 0.25) is 0 Å². The molecule has 0 bridgehead atoms. The van der Waals surface area contributed by atoms with Crippen LogP contribution in [0.15, 0.2) is 6.20 Å². The molecule has 1 atom stereocenters. The van der Waals surface area contributed by atoms with Gasteiger partial charge in [0.15, 0.2) is 0 Å². The first-order valence-corrected chi connectivity index (χ1v) is 4.94. The van der Waals surface area contributed by atoms with Crippen LogP contribution in [-0.2, 0) is 5.60 Å². The predicted octanol–water partition coefficient (Wildman–Crippen LogP) is 1.28. The van der Waals surface area contributed by atoms with Gasteiger partial charge < -0.3 is 10.8 Å². The van der Waals surface area contributed by atoms with Crippen molar-refractivity contribution in [2.24, 2.45) is 5.73 Å². The van der Waals surface area contributed by atoms with Crippen LogP contribution in [0.5, 0.6) is 0 Å². The molecule has 0 spiro atoms. The fraction of sp³-hybridized carbons (Fsp3) is 0.667. The first kappa shape index (κ1) is 11.5. The van der Waals surface area contributed by atoms with Gasteiger partial charge in [0, 0.05) is 12.6 Å². The normalized spacial score (nSPS) is 15.9.